The van der Waals surface area contributed by atoms with Crippen LogP contribution in [0.3, 0.4) is 0 Å². The zero-order valence-corrected chi connectivity index (χ0v) is 19.2. The highest BCUT2D eigenvalue weighted by Crippen LogP contribution is 2.40. The Hall–Kier alpha value is -3.50. The molecule has 2 aliphatic rings. The molecule has 0 unspecified atom stereocenters. The van der Waals surface area contributed by atoms with E-state index in [4.69, 9.17) is 14.2 Å². The van der Waals surface area contributed by atoms with Crippen molar-refractivity contribution in [2.24, 2.45) is 0 Å². The standard InChI is InChI=1S/C24H24N2O7S/c1-31-17-9-7-15(8-10-17)12-33-24(30)21-16(11-27)14-34-23-20(22(29)26(21)23)25-19(28)13-32-18-5-3-2-4-6-18/h2-10,20,23,27H,11-14H2,1H3,(H,25,28)/t20-,23+/m0/s1. The molecule has 0 aliphatic carbocycles. The molecule has 2 heterocycles. The van der Waals surface area contributed by atoms with Gasteiger partial charge in [-0.05, 0) is 35.4 Å². The second-order valence-electron chi connectivity index (χ2n) is 7.59. The number of aliphatic hydroxyl groups excluding tert-OH is 1. The molecule has 1 fully saturated rings. The number of aliphatic hydroxyl groups is 1. The third-order valence-corrected chi connectivity index (χ3v) is 6.73. The summed E-state index contributed by atoms with van der Waals surface area (Å²) in [5.41, 5.74) is 1.20. The summed E-state index contributed by atoms with van der Waals surface area (Å²) < 4.78 is 16.0. The van der Waals surface area contributed by atoms with Gasteiger partial charge in [-0.15, -0.1) is 11.8 Å². The smallest absolute Gasteiger partial charge is 0.355 e. The number of para-hydroxylation sites is 1. The molecule has 0 spiro atoms. The number of rotatable bonds is 9. The monoisotopic (exact) mass is 484 g/mol. The van der Waals surface area contributed by atoms with Crippen LogP contribution >= 0.6 is 11.8 Å². The molecule has 178 valence electrons. The van der Waals surface area contributed by atoms with Crippen molar-refractivity contribution in [3.63, 3.8) is 0 Å². The first-order valence-electron chi connectivity index (χ1n) is 10.6. The predicted molar refractivity (Wildman–Crippen MR) is 124 cm³/mol. The van der Waals surface area contributed by atoms with E-state index in [1.54, 1.807) is 55.6 Å². The number of benzene rings is 2. The van der Waals surface area contributed by atoms with Gasteiger partial charge >= 0.3 is 5.97 Å². The number of ether oxygens (including phenoxy) is 3. The average Bonchev–Trinajstić information content (AvgIpc) is 2.89. The zero-order valence-electron chi connectivity index (χ0n) is 18.4. The van der Waals surface area contributed by atoms with Gasteiger partial charge in [0.25, 0.3) is 11.8 Å². The van der Waals surface area contributed by atoms with Crippen molar-refractivity contribution in [3.05, 3.63) is 71.4 Å². The van der Waals surface area contributed by atoms with Gasteiger partial charge in [0.05, 0.1) is 13.7 Å². The number of amides is 2. The minimum Gasteiger partial charge on any atom is -0.497 e. The second kappa shape index (κ2) is 10.6. The molecule has 2 amide bonds. The number of hydrogen-bond donors (Lipinski definition) is 2. The Bertz CT molecular complexity index is 1090. The van der Waals surface area contributed by atoms with Crippen molar-refractivity contribution in [1.29, 1.82) is 0 Å². The summed E-state index contributed by atoms with van der Waals surface area (Å²) in [6, 6.07) is 15.1. The van der Waals surface area contributed by atoms with Crippen LogP contribution in [0.25, 0.3) is 0 Å². The fraction of sp³-hybridized carbons (Fsp3) is 0.292. The molecule has 10 heteroatoms. The molecule has 0 bridgehead atoms. The maximum absolute atomic E-state index is 12.9. The van der Waals surface area contributed by atoms with Crippen LogP contribution in [-0.4, -0.2) is 65.3 Å². The Morgan fingerprint density at radius 3 is 2.53 bits per heavy atom. The van der Waals surface area contributed by atoms with E-state index in [-0.39, 0.29) is 25.5 Å². The highest BCUT2D eigenvalue weighted by molar-refractivity contribution is 8.00. The van der Waals surface area contributed by atoms with Gasteiger partial charge in [0.1, 0.15) is 35.2 Å². The molecule has 34 heavy (non-hydrogen) atoms. The first-order chi connectivity index (χ1) is 16.5. The largest absolute Gasteiger partial charge is 0.497 e. The number of nitrogens with one attached hydrogen (secondary N) is 1. The fourth-order valence-electron chi connectivity index (χ4n) is 3.61. The quantitative estimate of drug-likeness (QED) is 0.406. The highest BCUT2D eigenvalue weighted by Gasteiger charge is 2.54. The fourth-order valence-corrected chi connectivity index (χ4v) is 4.95. The molecule has 9 nitrogen and oxygen atoms in total. The van der Waals surface area contributed by atoms with E-state index in [1.165, 1.54) is 16.7 Å². The Balaban J connectivity index is 1.37. The number of thioether (sulfide) groups is 1. The minimum atomic E-state index is -0.790. The van der Waals surface area contributed by atoms with Gasteiger partial charge in [0, 0.05) is 5.75 Å². The van der Waals surface area contributed by atoms with Crippen molar-refractivity contribution in [1.82, 2.24) is 10.2 Å². The van der Waals surface area contributed by atoms with Gasteiger partial charge in [0.2, 0.25) is 0 Å². The van der Waals surface area contributed by atoms with Crippen LogP contribution < -0.4 is 14.8 Å². The number of nitrogens with zero attached hydrogens (tertiary/aromatic N) is 1. The summed E-state index contributed by atoms with van der Waals surface area (Å²) >= 11 is 1.36. The third kappa shape index (κ3) is 5.02. The van der Waals surface area contributed by atoms with E-state index >= 15 is 0 Å². The van der Waals surface area contributed by atoms with E-state index in [0.717, 1.165) is 5.56 Å². The normalized spacial score (nSPS) is 19.1. The topological polar surface area (TPSA) is 114 Å². The minimum absolute atomic E-state index is 0.00185. The van der Waals surface area contributed by atoms with E-state index in [2.05, 4.69) is 5.32 Å². The van der Waals surface area contributed by atoms with Crippen molar-refractivity contribution in [2.45, 2.75) is 18.0 Å². The van der Waals surface area contributed by atoms with Crippen molar-refractivity contribution in [2.75, 3.05) is 26.1 Å². The van der Waals surface area contributed by atoms with Crippen LogP contribution in [0.4, 0.5) is 0 Å². The van der Waals surface area contributed by atoms with Crippen molar-refractivity contribution < 1.29 is 33.7 Å². The van der Waals surface area contributed by atoms with Crippen LogP contribution in [0.1, 0.15) is 5.56 Å². The van der Waals surface area contributed by atoms with Crippen LogP contribution in [0, 0.1) is 0 Å². The Kier molecular flexibility index (Phi) is 7.39. The molecular formula is C24H24N2O7S. The molecule has 0 radical (unpaired) electrons. The first kappa shape index (κ1) is 23.7. The zero-order chi connectivity index (χ0) is 24.1. The molecule has 1 saturated heterocycles. The van der Waals surface area contributed by atoms with E-state index in [9.17, 15) is 19.5 Å². The number of esters is 1. The first-order valence-corrected chi connectivity index (χ1v) is 11.6. The molecule has 2 atom stereocenters. The van der Waals surface area contributed by atoms with Crippen LogP contribution in [0.15, 0.2) is 65.9 Å². The summed E-state index contributed by atoms with van der Waals surface area (Å²) in [5, 5.41) is 11.9. The molecule has 0 aromatic heterocycles. The number of carbonyl (C=O) groups is 3. The maximum atomic E-state index is 12.9. The van der Waals surface area contributed by atoms with Gasteiger partial charge in [-0.2, -0.15) is 0 Å². The number of fused-ring (bicyclic) bond motifs is 1. The lowest BCUT2D eigenvalue weighted by Crippen LogP contribution is -2.71. The number of β-lactam (4-membered cyclic amide) rings is 1. The summed E-state index contributed by atoms with van der Waals surface area (Å²) in [7, 11) is 1.56. The van der Waals surface area contributed by atoms with E-state index < -0.39 is 29.2 Å². The van der Waals surface area contributed by atoms with Gasteiger partial charge < -0.3 is 24.6 Å². The van der Waals surface area contributed by atoms with E-state index in [1.807, 2.05) is 6.07 Å². The molecule has 2 aromatic rings. The number of hydrogen-bond acceptors (Lipinski definition) is 8. The SMILES string of the molecule is COc1ccc(COC(=O)C2=C(CO)CS[C@@H]3[C@@H](NC(=O)COc4ccccc4)C(=O)N23)cc1. The maximum Gasteiger partial charge on any atom is 0.355 e. The predicted octanol–water partition coefficient (Wildman–Crippen LogP) is 1.46. The molecule has 2 N–H and O–H groups in total. The van der Waals surface area contributed by atoms with Gasteiger partial charge in [-0.25, -0.2) is 4.79 Å². The summed E-state index contributed by atoms with van der Waals surface area (Å²) in [6.07, 6.45) is 0. The van der Waals surface area contributed by atoms with Crippen LogP contribution in [-0.2, 0) is 25.7 Å². The Labute approximate surface area is 200 Å². The van der Waals surface area contributed by atoms with Crippen LogP contribution in [0.5, 0.6) is 11.5 Å². The molecule has 2 aromatic carbocycles. The lowest BCUT2D eigenvalue weighted by atomic mass is 10.0. The van der Waals surface area contributed by atoms with Gasteiger partial charge in [-0.3, -0.25) is 14.5 Å². The molecular weight excluding hydrogens is 460 g/mol. The third-order valence-electron chi connectivity index (χ3n) is 5.39. The van der Waals surface area contributed by atoms with Gasteiger partial charge in [-0.1, -0.05) is 30.3 Å². The molecule has 0 saturated carbocycles. The second-order valence-corrected chi connectivity index (χ2v) is 8.70. The number of methoxy groups -OCH3 is 1. The summed E-state index contributed by atoms with van der Waals surface area (Å²) in [4.78, 5) is 39.3. The van der Waals surface area contributed by atoms with E-state index in [0.29, 0.717) is 22.8 Å². The summed E-state index contributed by atoms with van der Waals surface area (Å²) in [6.45, 7) is -0.611. The highest BCUT2D eigenvalue weighted by atomic mass is 32.2. The van der Waals surface area contributed by atoms with Crippen molar-refractivity contribution in [3.8, 4) is 11.5 Å². The van der Waals surface area contributed by atoms with Crippen molar-refractivity contribution >= 4 is 29.5 Å². The van der Waals surface area contributed by atoms with Gasteiger partial charge in [0.15, 0.2) is 6.61 Å². The lowest BCUT2D eigenvalue weighted by Gasteiger charge is -2.49. The Morgan fingerprint density at radius 2 is 1.85 bits per heavy atom. The average molecular weight is 485 g/mol. The number of carbonyl (C=O) groups excluding carboxylic acids is 3. The lowest BCUT2D eigenvalue weighted by molar-refractivity contribution is -0.153. The Morgan fingerprint density at radius 1 is 1.12 bits per heavy atom. The molecule has 4 rings (SSSR count). The molecule has 2 aliphatic heterocycles. The van der Waals surface area contributed by atoms with Crippen LogP contribution in [0.2, 0.25) is 0 Å². The summed E-state index contributed by atoms with van der Waals surface area (Å²) in [5.74, 6) is -0.0129.